The zero-order chi connectivity index (χ0) is 21.6. The summed E-state index contributed by atoms with van der Waals surface area (Å²) in [6.07, 6.45) is 2.00. The molecule has 0 amide bonds. The Bertz CT molecular complexity index is 1390. The van der Waals surface area contributed by atoms with Crippen LogP contribution in [0.5, 0.6) is 0 Å². The molecule has 1 aliphatic carbocycles. The number of hydrogen-bond donors (Lipinski definition) is 1. The van der Waals surface area contributed by atoms with Crippen LogP contribution in [-0.4, -0.2) is 15.5 Å². The normalized spacial score (nSPS) is 21.0. The summed E-state index contributed by atoms with van der Waals surface area (Å²) in [4.78, 5) is 30.5. The molecule has 0 unspecified atom stereocenters. The number of ether oxygens (including phenoxy) is 1. The quantitative estimate of drug-likeness (QED) is 0.478. The van der Waals surface area contributed by atoms with Gasteiger partial charge in [-0.1, -0.05) is 6.92 Å². The summed E-state index contributed by atoms with van der Waals surface area (Å²) in [6, 6.07) is 3.19. The first-order valence-electron chi connectivity index (χ1n) is 10.7. The Kier molecular flexibility index (Phi) is 3.76. The van der Waals surface area contributed by atoms with Crippen LogP contribution in [0.15, 0.2) is 16.9 Å². The van der Waals surface area contributed by atoms with Crippen LogP contribution in [0, 0.1) is 12.7 Å². The Labute approximate surface area is 177 Å². The van der Waals surface area contributed by atoms with Gasteiger partial charge in [0.15, 0.2) is 0 Å². The number of nitrogens with zero attached hydrogens (tertiary/aromatic N) is 2. The highest BCUT2D eigenvalue weighted by Crippen LogP contribution is 2.44. The second-order valence-electron chi connectivity index (χ2n) is 8.78. The molecule has 31 heavy (non-hydrogen) atoms. The van der Waals surface area contributed by atoms with Gasteiger partial charge >= 0.3 is 5.97 Å². The monoisotopic (exact) mass is 419 g/mol. The maximum Gasteiger partial charge on any atom is 0.313 e. The van der Waals surface area contributed by atoms with Gasteiger partial charge < -0.3 is 15.0 Å². The fraction of sp³-hybridized carbons (Fsp3) is 0.375. The number of benzene rings is 1. The molecule has 0 spiro atoms. The van der Waals surface area contributed by atoms with E-state index in [0.29, 0.717) is 47.4 Å². The van der Waals surface area contributed by atoms with E-state index in [0.717, 1.165) is 34.1 Å². The van der Waals surface area contributed by atoms with E-state index in [4.69, 9.17) is 15.5 Å². The van der Waals surface area contributed by atoms with Crippen LogP contribution in [0.4, 0.5) is 4.39 Å². The minimum absolute atomic E-state index is 0.00352. The maximum absolute atomic E-state index is 14.6. The van der Waals surface area contributed by atoms with Crippen molar-refractivity contribution in [2.24, 2.45) is 5.73 Å². The number of rotatable bonds is 1. The molecule has 2 atom stereocenters. The molecule has 3 aromatic rings. The molecule has 0 bridgehead atoms. The molecule has 0 saturated heterocycles. The summed E-state index contributed by atoms with van der Waals surface area (Å²) < 4.78 is 21.6. The largest absolute Gasteiger partial charge is 0.460 e. The Morgan fingerprint density at radius 3 is 2.84 bits per heavy atom. The molecule has 158 valence electrons. The molecular formula is C24H22FN3O3. The predicted octanol–water partition coefficient (Wildman–Crippen LogP) is 3.37. The third kappa shape index (κ3) is 2.32. The van der Waals surface area contributed by atoms with Crippen LogP contribution in [0.1, 0.15) is 65.1 Å². The molecule has 6 nitrogen and oxygen atoms in total. The van der Waals surface area contributed by atoms with Gasteiger partial charge in [-0.05, 0) is 54.5 Å². The van der Waals surface area contributed by atoms with Crippen molar-refractivity contribution in [1.29, 1.82) is 0 Å². The SMILES string of the molecule is CC[C@H]1C(=O)OCc2c1cc1n(c2=O)Cc2c-1nc1cc(F)c(C)c3c1c2[C@@H](N)CC3. The lowest BCUT2D eigenvalue weighted by molar-refractivity contribution is -0.148. The van der Waals surface area contributed by atoms with Gasteiger partial charge in [0, 0.05) is 23.1 Å². The van der Waals surface area contributed by atoms with Crippen molar-refractivity contribution >= 4 is 16.9 Å². The minimum Gasteiger partial charge on any atom is -0.460 e. The molecule has 1 aromatic carbocycles. The Morgan fingerprint density at radius 1 is 1.26 bits per heavy atom. The first-order valence-corrected chi connectivity index (χ1v) is 10.7. The van der Waals surface area contributed by atoms with Crippen LogP contribution in [0.3, 0.4) is 0 Å². The van der Waals surface area contributed by atoms with Gasteiger partial charge in [-0.2, -0.15) is 0 Å². The predicted molar refractivity (Wildman–Crippen MR) is 113 cm³/mol. The minimum atomic E-state index is -0.459. The van der Waals surface area contributed by atoms with E-state index in [-0.39, 0.29) is 30.0 Å². The molecule has 4 heterocycles. The van der Waals surface area contributed by atoms with Gasteiger partial charge in [-0.3, -0.25) is 9.59 Å². The van der Waals surface area contributed by atoms with Crippen molar-refractivity contribution in [3.8, 4) is 11.4 Å². The second-order valence-corrected chi connectivity index (χ2v) is 8.78. The number of aromatic nitrogens is 2. The molecule has 0 fully saturated rings. The fourth-order valence-electron chi connectivity index (χ4n) is 5.61. The van der Waals surface area contributed by atoms with Crippen molar-refractivity contribution in [2.75, 3.05) is 0 Å². The van der Waals surface area contributed by atoms with Crippen LogP contribution >= 0.6 is 0 Å². The third-order valence-corrected chi connectivity index (χ3v) is 7.24. The number of aryl methyl sites for hydroxylation is 1. The molecule has 0 saturated carbocycles. The molecular weight excluding hydrogens is 397 g/mol. The highest BCUT2D eigenvalue weighted by atomic mass is 19.1. The van der Waals surface area contributed by atoms with Crippen LogP contribution in [0.25, 0.3) is 22.3 Å². The lowest BCUT2D eigenvalue weighted by atomic mass is 9.82. The van der Waals surface area contributed by atoms with Crippen LogP contribution in [-0.2, 0) is 29.1 Å². The molecule has 2 aromatic heterocycles. The zero-order valence-electron chi connectivity index (χ0n) is 17.4. The summed E-state index contributed by atoms with van der Waals surface area (Å²) >= 11 is 0. The Balaban J connectivity index is 1.69. The number of nitrogens with two attached hydrogens (primary N) is 1. The zero-order valence-corrected chi connectivity index (χ0v) is 17.4. The highest BCUT2D eigenvalue weighted by molar-refractivity contribution is 5.93. The van der Waals surface area contributed by atoms with Crippen molar-refractivity contribution < 1.29 is 13.9 Å². The van der Waals surface area contributed by atoms with E-state index in [1.54, 1.807) is 11.5 Å². The molecule has 3 aliphatic rings. The average molecular weight is 419 g/mol. The summed E-state index contributed by atoms with van der Waals surface area (Å²) in [5, 5.41) is 0.937. The first-order chi connectivity index (χ1) is 14.9. The first kappa shape index (κ1) is 18.7. The molecule has 2 aliphatic heterocycles. The van der Waals surface area contributed by atoms with Gasteiger partial charge in [0.2, 0.25) is 0 Å². The van der Waals surface area contributed by atoms with Crippen LogP contribution in [0.2, 0.25) is 0 Å². The number of halogens is 1. The average Bonchev–Trinajstić information content (AvgIpc) is 3.11. The number of carbonyl (C=O) groups is 1. The maximum atomic E-state index is 14.6. The van der Waals surface area contributed by atoms with Gasteiger partial charge in [0.25, 0.3) is 5.56 Å². The van der Waals surface area contributed by atoms with Crippen molar-refractivity contribution in [3.63, 3.8) is 0 Å². The summed E-state index contributed by atoms with van der Waals surface area (Å²) in [6.45, 7) is 4.08. The standard InChI is InChI=1S/C24H22FN3O3/c1-3-11-13-6-19-22-14(8-28(19)23(29)15(13)9-31-24(11)30)20-17(26)5-4-12-10(2)16(25)7-18(27-22)21(12)20/h6-7,11,17H,3-5,8-9,26H2,1-2H3/t11-,17+/m1/s1. The van der Waals surface area contributed by atoms with Gasteiger partial charge in [0.1, 0.15) is 12.4 Å². The summed E-state index contributed by atoms with van der Waals surface area (Å²) in [7, 11) is 0. The second kappa shape index (κ2) is 6.23. The summed E-state index contributed by atoms with van der Waals surface area (Å²) in [5.74, 6) is -1.03. The lowest BCUT2D eigenvalue weighted by Crippen LogP contribution is -2.32. The van der Waals surface area contributed by atoms with Crippen molar-refractivity contribution in [3.05, 3.63) is 61.7 Å². The lowest BCUT2D eigenvalue weighted by Gasteiger charge is -2.26. The summed E-state index contributed by atoms with van der Waals surface area (Å²) in [5.41, 5.74) is 13.1. The van der Waals surface area contributed by atoms with E-state index < -0.39 is 5.92 Å². The number of pyridine rings is 2. The van der Waals surface area contributed by atoms with Gasteiger partial charge in [-0.25, -0.2) is 9.37 Å². The molecule has 7 heteroatoms. The number of carbonyl (C=O) groups excluding carboxylic acids is 1. The molecule has 0 radical (unpaired) electrons. The number of fused-ring (bicyclic) bond motifs is 5. The third-order valence-electron chi connectivity index (χ3n) is 7.24. The topological polar surface area (TPSA) is 87.2 Å². The smallest absolute Gasteiger partial charge is 0.313 e. The van der Waals surface area contributed by atoms with E-state index in [1.807, 2.05) is 13.0 Å². The molecule has 2 N–H and O–H groups in total. The van der Waals surface area contributed by atoms with E-state index >= 15 is 0 Å². The number of cyclic esters (lactones) is 1. The van der Waals surface area contributed by atoms with Gasteiger partial charge in [0.05, 0.1) is 34.9 Å². The highest BCUT2D eigenvalue weighted by Gasteiger charge is 2.36. The Morgan fingerprint density at radius 2 is 2.06 bits per heavy atom. The van der Waals surface area contributed by atoms with E-state index in [1.165, 1.54) is 6.07 Å². The number of esters is 1. The number of hydrogen-bond acceptors (Lipinski definition) is 5. The molecule has 6 rings (SSSR count). The van der Waals surface area contributed by atoms with Crippen molar-refractivity contribution in [1.82, 2.24) is 9.55 Å². The Hall–Kier alpha value is -3.06. The van der Waals surface area contributed by atoms with Gasteiger partial charge in [-0.15, -0.1) is 0 Å². The fourth-order valence-corrected chi connectivity index (χ4v) is 5.61. The van der Waals surface area contributed by atoms with E-state index in [9.17, 15) is 14.0 Å². The van der Waals surface area contributed by atoms with Crippen molar-refractivity contribution in [2.45, 2.75) is 58.2 Å². The van der Waals surface area contributed by atoms with Crippen LogP contribution < -0.4 is 11.3 Å². The van der Waals surface area contributed by atoms with E-state index in [2.05, 4.69) is 0 Å².